The lowest BCUT2D eigenvalue weighted by molar-refractivity contribution is 0.0507. The fourth-order valence-electron chi connectivity index (χ4n) is 1.90. The summed E-state index contributed by atoms with van der Waals surface area (Å²) in [5.41, 5.74) is 1.23. The Morgan fingerprint density at radius 1 is 1.44 bits per heavy atom. The summed E-state index contributed by atoms with van der Waals surface area (Å²) in [4.78, 5) is 16.0. The molecular formula is C13H15FN2O2. The minimum Gasteiger partial charge on any atom is -0.460 e. The standard InChI is InChI=1S/C13H15FN2O2/c1-3-7-16-11-6-5-9(14)8-10(11)15-12(16)13(17)18-4-2/h5-6,8H,3-4,7H2,1-2H3. The van der Waals surface area contributed by atoms with Gasteiger partial charge in [0.05, 0.1) is 17.6 Å². The van der Waals surface area contributed by atoms with Crippen LogP contribution in [0.5, 0.6) is 0 Å². The monoisotopic (exact) mass is 250 g/mol. The first kappa shape index (κ1) is 12.5. The molecule has 96 valence electrons. The molecule has 0 fully saturated rings. The maximum Gasteiger partial charge on any atom is 0.374 e. The van der Waals surface area contributed by atoms with Gasteiger partial charge in [0.2, 0.25) is 5.82 Å². The number of aromatic nitrogens is 2. The van der Waals surface area contributed by atoms with E-state index in [1.807, 2.05) is 6.92 Å². The highest BCUT2D eigenvalue weighted by molar-refractivity contribution is 5.91. The molecule has 4 nitrogen and oxygen atoms in total. The zero-order valence-electron chi connectivity index (χ0n) is 10.4. The topological polar surface area (TPSA) is 44.1 Å². The molecule has 0 bridgehead atoms. The Kier molecular flexibility index (Phi) is 3.60. The van der Waals surface area contributed by atoms with Crippen molar-refractivity contribution < 1.29 is 13.9 Å². The number of ether oxygens (including phenoxy) is 1. The molecular weight excluding hydrogens is 235 g/mol. The van der Waals surface area contributed by atoms with E-state index in [0.717, 1.165) is 11.9 Å². The van der Waals surface area contributed by atoms with Crippen molar-refractivity contribution >= 4 is 17.0 Å². The number of fused-ring (bicyclic) bond motifs is 1. The Labute approximate surface area is 104 Å². The van der Waals surface area contributed by atoms with Crippen LogP contribution in [0.25, 0.3) is 11.0 Å². The lowest BCUT2D eigenvalue weighted by atomic mass is 10.3. The van der Waals surface area contributed by atoms with E-state index in [0.29, 0.717) is 18.7 Å². The SMILES string of the molecule is CCCn1c(C(=O)OCC)nc2cc(F)ccc21. The van der Waals surface area contributed by atoms with Gasteiger partial charge in [0.15, 0.2) is 0 Å². The molecule has 0 aliphatic heterocycles. The fourth-order valence-corrected chi connectivity index (χ4v) is 1.90. The summed E-state index contributed by atoms with van der Waals surface area (Å²) in [6.07, 6.45) is 0.856. The number of imidazole rings is 1. The molecule has 5 heteroatoms. The van der Waals surface area contributed by atoms with Gasteiger partial charge in [0.25, 0.3) is 0 Å². The van der Waals surface area contributed by atoms with E-state index in [2.05, 4.69) is 4.98 Å². The average molecular weight is 250 g/mol. The van der Waals surface area contributed by atoms with Gasteiger partial charge in [-0.1, -0.05) is 6.92 Å². The van der Waals surface area contributed by atoms with Crippen LogP contribution in [-0.2, 0) is 11.3 Å². The summed E-state index contributed by atoms with van der Waals surface area (Å²) >= 11 is 0. The Hall–Kier alpha value is -1.91. The molecule has 0 N–H and O–H groups in total. The number of carbonyl (C=O) groups is 1. The number of benzene rings is 1. The van der Waals surface area contributed by atoms with Gasteiger partial charge in [-0.3, -0.25) is 0 Å². The lowest BCUT2D eigenvalue weighted by Crippen LogP contribution is -2.13. The minimum atomic E-state index is -0.470. The molecule has 0 radical (unpaired) electrons. The normalized spacial score (nSPS) is 10.8. The summed E-state index contributed by atoms with van der Waals surface area (Å²) in [5, 5.41) is 0. The van der Waals surface area contributed by atoms with Crippen LogP contribution in [0.3, 0.4) is 0 Å². The highest BCUT2D eigenvalue weighted by Gasteiger charge is 2.18. The van der Waals surface area contributed by atoms with Crippen molar-refractivity contribution in [2.75, 3.05) is 6.61 Å². The van der Waals surface area contributed by atoms with Crippen LogP contribution in [0.4, 0.5) is 4.39 Å². The molecule has 0 saturated heterocycles. The van der Waals surface area contributed by atoms with Crippen LogP contribution in [0.15, 0.2) is 18.2 Å². The largest absolute Gasteiger partial charge is 0.460 e. The molecule has 1 aromatic carbocycles. The number of nitrogens with zero attached hydrogens (tertiary/aromatic N) is 2. The average Bonchev–Trinajstić information content (AvgIpc) is 2.68. The zero-order chi connectivity index (χ0) is 13.1. The second-order valence-corrected chi connectivity index (χ2v) is 3.94. The molecule has 1 aromatic heterocycles. The highest BCUT2D eigenvalue weighted by atomic mass is 19.1. The molecule has 0 unspecified atom stereocenters. The molecule has 0 spiro atoms. The van der Waals surface area contributed by atoms with E-state index >= 15 is 0 Å². The number of carbonyl (C=O) groups excluding carboxylic acids is 1. The first-order valence-corrected chi connectivity index (χ1v) is 6.00. The number of hydrogen-bond acceptors (Lipinski definition) is 3. The fraction of sp³-hybridized carbons (Fsp3) is 0.385. The van der Waals surface area contributed by atoms with Gasteiger partial charge in [0.1, 0.15) is 5.82 Å². The van der Waals surface area contributed by atoms with Gasteiger partial charge >= 0.3 is 5.97 Å². The summed E-state index contributed by atoms with van der Waals surface area (Å²) in [5.74, 6) is -0.596. The van der Waals surface area contributed by atoms with E-state index < -0.39 is 5.97 Å². The van der Waals surface area contributed by atoms with Crippen LogP contribution in [0.1, 0.15) is 30.9 Å². The van der Waals surface area contributed by atoms with Crippen LogP contribution < -0.4 is 0 Å². The van der Waals surface area contributed by atoms with Crippen molar-refractivity contribution in [1.29, 1.82) is 0 Å². The summed E-state index contributed by atoms with van der Waals surface area (Å²) in [6, 6.07) is 4.32. The predicted octanol–water partition coefficient (Wildman–Crippen LogP) is 2.76. The van der Waals surface area contributed by atoms with Crippen molar-refractivity contribution in [3.8, 4) is 0 Å². The van der Waals surface area contributed by atoms with Gasteiger partial charge in [-0.15, -0.1) is 0 Å². The van der Waals surface area contributed by atoms with Crippen molar-refractivity contribution in [3.63, 3.8) is 0 Å². The van der Waals surface area contributed by atoms with Crippen LogP contribution in [0.2, 0.25) is 0 Å². The maximum atomic E-state index is 13.1. The number of esters is 1. The number of hydrogen-bond donors (Lipinski definition) is 0. The van der Waals surface area contributed by atoms with Gasteiger partial charge in [0, 0.05) is 12.6 Å². The van der Waals surface area contributed by atoms with Gasteiger partial charge in [-0.2, -0.15) is 0 Å². The van der Waals surface area contributed by atoms with Crippen LogP contribution in [0, 0.1) is 5.82 Å². The Bertz CT molecular complexity index is 578. The predicted molar refractivity (Wildman–Crippen MR) is 65.9 cm³/mol. The van der Waals surface area contributed by atoms with E-state index in [1.165, 1.54) is 12.1 Å². The summed E-state index contributed by atoms with van der Waals surface area (Å²) in [7, 11) is 0. The highest BCUT2D eigenvalue weighted by Crippen LogP contribution is 2.18. The Morgan fingerprint density at radius 2 is 2.22 bits per heavy atom. The maximum absolute atomic E-state index is 13.1. The van der Waals surface area contributed by atoms with E-state index in [-0.39, 0.29) is 11.6 Å². The second-order valence-electron chi connectivity index (χ2n) is 3.94. The van der Waals surface area contributed by atoms with Gasteiger partial charge in [-0.05, 0) is 25.5 Å². The van der Waals surface area contributed by atoms with Crippen molar-refractivity contribution in [1.82, 2.24) is 9.55 Å². The zero-order valence-corrected chi connectivity index (χ0v) is 10.4. The molecule has 2 rings (SSSR count). The molecule has 1 heterocycles. The van der Waals surface area contributed by atoms with E-state index in [9.17, 15) is 9.18 Å². The third-order valence-corrected chi connectivity index (χ3v) is 2.62. The number of halogens is 1. The molecule has 0 amide bonds. The molecule has 0 atom stereocenters. The summed E-state index contributed by atoms with van der Waals surface area (Å²) in [6.45, 7) is 4.69. The van der Waals surface area contributed by atoms with Gasteiger partial charge < -0.3 is 9.30 Å². The minimum absolute atomic E-state index is 0.235. The smallest absolute Gasteiger partial charge is 0.374 e. The second kappa shape index (κ2) is 5.16. The van der Waals surface area contributed by atoms with Crippen molar-refractivity contribution in [3.05, 3.63) is 29.8 Å². The van der Waals surface area contributed by atoms with Gasteiger partial charge in [-0.25, -0.2) is 14.2 Å². The van der Waals surface area contributed by atoms with Crippen molar-refractivity contribution in [2.24, 2.45) is 0 Å². The molecule has 0 aliphatic rings. The Balaban J connectivity index is 2.56. The third kappa shape index (κ3) is 2.20. The first-order chi connectivity index (χ1) is 8.67. The summed E-state index contributed by atoms with van der Waals surface area (Å²) < 4.78 is 19.9. The third-order valence-electron chi connectivity index (χ3n) is 2.62. The Morgan fingerprint density at radius 3 is 2.89 bits per heavy atom. The number of rotatable bonds is 4. The molecule has 0 saturated carbocycles. The van der Waals surface area contributed by atoms with Crippen LogP contribution in [-0.4, -0.2) is 22.1 Å². The lowest BCUT2D eigenvalue weighted by Gasteiger charge is -2.06. The molecule has 2 aromatic rings. The molecule has 0 aliphatic carbocycles. The van der Waals surface area contributed by atoms with Crippen LogP contribution >= 0.6 is 0 Å². The first-order valence-electron chi connectivity index (χ1n) is 6.00. The van der Waals surface area contributed by atoms with Crippen molar-refractivity contribution in [2.45, 2.75) is 26.8 Å². The number of aryl methyl sites for hydroxylation is 1. The quantitative estimate of drug-likeness (QED) is 0.784. The molecule has 18 heavy (non-hydrogen) atoms. The van der Waals surface area contributed by atoms with E-state index in [1.54, 1.807) is 17.6 Å². The van der Waals surface area contributed by atoms with E-state index in [4.69, 9.17) is 4.74 Å².